The zero-order valence-electron chi connectivity index (χ0n) is 10.1. The quantitative estimate of drug-likeness (QED) is 0.804. The number of aromatic hydroxyl groups is 1. The van der Waals surface area contributed by atoms with Crippen LogP contribution in [0, 0.1) is 11.7 Å². The molecule has 0 saturated heterocycles. The molecule has 1 aromatic carbocycles. The van der Waals surface area contributed by atoms with Crippen LogP contribution in [0.15, 0.2) is 18.2 Å². The number of nitrogens with one attached hydrogen (secondary N) is 1. The first-order chi connectivity index (χ1) is 8.00. The normalized spacial score (nSPS) is 11.1. The molecule has 90 valence electrons. The summed E-state index contributed by atoms with van der Waals surface area (Å²) in [5.41, 5.74) is 1.77. The van der Waals surface area contributed by atoms with E-state index in [2.05, 4.69) is 10.2 Å². The Labute approximate surface area is 105 Å². The van der Waals surface area contributed by atoms with Crippen LogP contribution in [0.5, 0.6) is 5.75 Å². The van der Waals surface area contributed by atoms with Gasteiger partial charge in [0.25, 0.3) is 0 Å². The van der Waals surface area contributed by atoms with Crippen molar-refractivity contribution in [2.45, 2.75) is 26.8 Å². The van der Waals surface area contributed by atoms with Gasteiger partial charge in [0.1, 0.15) is 5.75 Å². The smallest absolute Gasteiger partial charge is 0.195 e. The molecule has 2 N–H and O–H groups in total. The average molecular weight is 249 g/mol. The second kappa shape index (κ2) is 4.33. The lowest BCUT2D eigenvalue weighted by Crippen LogP contribution is -2.03. The minimum atomic E-state index is 0.191. The first-order valence-electron chi connectivity index (χ1n) is 5.47. The van der Waals surface area contributed by atoms with Gasteiger partial charge in [0.05, 0.1) is 5.56 Å². The zero-order valence-corrected chi connectivity index (χ0v) is 10.9. The van der Waals surface area contributed by atoms with Crippen molar-refractivity contribution in [2.75, 3.05) is 0 Å². The Morgan fingerprint density at radius 3 is 2.76 bits per heavy atom. The maximum absolute atomic E-state index is 9.90. The van der Waals surface area contributed by atoms with Gasteiger partial charge in [-0.3, -0.25) is 9.67 Å². The summed E-state index contributed by atoms with van der Waals surface area (Å²) >= 11 is 5.19. The fourth-order valence-electron chi connectivity index (χ4n) is 1.80. The van der Waals surface area contributed by atoms with Crippen molar-refractivity contribution >= 4 is 12.2 Å². The van der Waals surface area contributed by atoms with E-state index in [4.69, 9.17) is 12.2 Å². The molecule has 5 heteroatoms. The van der Waals surface area contributed by atoms with Crippen LogP contribution >= 0.6 is 12.2 Å². The van der Waals surface area contributed by atoms with E-state index >= 15 is 0 Å². The third-order valence-electron chi connectivity index (χ3n) is 2.61. The minimum Gasteiger partial charge on any atom is -0.507 e. The Morgan fingerprint density at radius 1 is 1.41 bits per heavy atom. The van der Waals surface area contributed by atoms with E-state index in [0.29, 0.717) is 16.2 Å². The molecule has 0 atom stereocenters. The lowest BCUT2D eigenvalue weighted by molar-refractivity contribution is 0.475. The van der Waals surface area contributed by atoms with E-state index in [1.54, 1.807) is 6.07 Å². The van der Waals surface area contributed by atoms with Crippen molar-refractivity contribution in [1.82, 2.24) is 14.8 Å². The maximum atomic E-state index is 9.90. The van der Waals surface area contributed by atoms with Gasteiger partial charge in [-0.15, -0.1) is 0 Å². The molecule has 0 bridgehead atoms. The average Bonchev–Trinajstić information content (AvgIpc) is 2.64. The molecule has 0 aliphatic rings. The summed E-state index contributed by atoms with van der Waals surface area (Å²) in [6.07, 6.45) is 0. The highest BCUT2D eigenvalue weighted by molar-refractivity contribution is 7.71. The van der Waals surface area contributed by atoms with Crippen molar-refractivity contribution in [1.29, 1.82) is 0 Å². The number of benzene rings is 1. The van der Waals surface area contributed by atoms with Crippen molar-refractivity contribution in [3.63, 3.8) is 0 Å². The van der Waals surface area contributed by atoms with E-state index in [9.17, 15) is 5.11 Å². The molecule has 0 spiro atoms. The molecule has 2 aromatic rings. The zero-order chi connectivity index (χ0) is 12.6. The van der Waals surface area contributed by atoms with Gasteiger partial charge < -0.3 is 5.11 Å². The highest BCUT2D eigenvalue weighted by Crippen LogP contribution is 2.30. The number of H-pyrrole nitrogens is 1. The Balaban J connectivity index is 2.69. The predicted molar refractivity (Wildman–Crippen MR) is 69.6 cm³/mol. The number of rotatable bonds is 2. The van der Waals surface area contributed by atoms with Gasteiger partial charge in [-0.25, -0.2) is 0 Å². The molecule has 0 unspecified atom stereocenters. The summed E-state index contributed by atoms with van der Waals surface area (Å²) in [5.74, 6) is 0.887. The molecule has 0 aliphatic heterocycles. The van der Waals surface area contributed by atoms with Crippen molar-refractivity contribution in [2.24, 2.45) is 0 Å². The fraction of sp³-hybridized carbons (Fsp3) is 0.333. The lowest BCUT2D eigenvalue weighted by atomic mass is 10.1. The Kier molecular flexibility index (Phi) is 3.02. The van der Waals surface area contributed by atoms with Gasteiger partial charge in [-0.05, 0) is 45.1 Å². The van der Waals surface area contributed by atoms with E-state index < -0.39 is 0 Å². The van der Waals surface area contributed by atoms with E-state index in [-0.39, 0.29) is 11.8 Å². The monoisotopic (exact) mass is 249 g/mol. The molecule has 1 aromatic heterocycles. The van der Waals surface area contributed by atoms with E-state index in [0.717, 1.165) is 5.56 Å². The topological polar surface area (TPSA) is 53.8 Å². The van der Waals surface area contributed by atoms with Crippen LogP contribution in [0.3, 0.4) is 0 Å². The molecule has 1 heterocycles. The Bertz CT molecular complexity index is 598. The van der Waals surface area contributed by atoms with Crippen LogP contribution in [0.2, 0.25) is 0 Å². The molecule has 0 saturated carbocycles. The van der Waals surface area contributed by atoms with Crippen LogP contribution in [0.4, 0.5) is 0 Å². The summed E-state index contributed by atoms with van der Waals surface area (Å²) in [6, 6.07) is 5.63. The SMILES string of the molecule is Cc1ccc(O)c(-c2n[nH]c(=S)n2C(C)C)c1. The van der Waals surface area contributed by atoms with E-state index in [1.807, 2.05) is 37.5 Å². The molecule has 0 aliphatic carbocycles. The van der Waals surface area contributed by atoms with Gasteiger partial charge in [-0.1, -0.05) is 11.6 Å². The number of phenolic OH excluding ortho intramolecular Hbond substituents is 1. The molecular weight excluding hydrogens is 234 g/mol. The summed E-state index contributed by atoms with van der Waals surface area (Å²) in [6.45, 7) is 6.03. The minimum absolute atomic E-state index is 0.191. The predicted octanol–water partition coefficient (Wildman–Crippen LogP) is 3.20. The summed E-state index contributed by atoms with van der Waals surface area (Å²) in [7, 11) is 0. The van der Waals surface area contributed by atoms with Crippen LogP contribution < -0.4 is 0 Å². The number of hydrogen-bond acceptors (Lipinski definition) is 3. The number of aromatic nitrogens is 3. The van der Waals surface area contributed by atoms with Crippen LogP contribution in [0.1, 0.15) is 25.5 Å². The van der Waals surface area contributed by atoms with E-state index in [1.165, 1.54) is 0 Å². The molecule has 4 nitrogen and oxygen atoms in total. The summed E-state index contributed by atoms with van der Waals surface area (Å²) in [4.78, 5) is 0. The second-order valence-electron chi connectivity index (χ2n) is 4.34. The standard InChI is InChI=1S/C12H15N3OS/c1-7(2)15-11(13-14-12(15)17)9-6-8(3)4-5-10(9)16/h4-7,16H,1-3H3,(H,14,17). The highest BCUT2D eigenvalue weighted by atomic mass is 32.1. The Morgan fingerprint density at radius 2 is 2.12 bits per heavy atom. The lowest BCUT2D eigenvalue weighted by Gasteiger charge is -2.11. The van der Waals surface area contributed by atoms with Crippen LogP contribution in [-0.2, 0) is 0 Å². The van der Waals surface area contributed by atoms with Crippen LogP contribution in [-0.4, -0.2) is 19.9 Å². The van der Waals surface area contributed by atoms with Crippen molar-refractivity contribution in [3.05, 3.63) is 28.5 Å². The van der Waals surface area contributed by atoms with Crippen molar-refractivity contribution in [3.8, 4) is 17.1 Å². The molecule has 0 radical (unpaired) electrons. The maximum Gasteiger partial charge on any atom is 0.195 e. The number of aryl methyl sites for hydroxylation is 1. The van der Waals surface area contributed by atoms with Gasteiger partial charge in [0.2, 0.25) is 0 Å². The number of phenols is 1. The Hall–Kier alpha value is -1.62. The van der Waals surface area contributed by atoms with Gasteiger partial charge in [0.15, 0.2) is 10.6 Å². The van der Waals surface area contributed by atoms with Gasteiger partial charge >= 0.3 is 0 Å². The summed E-state index contributed by atoms with van der Waals surface area (Å²) in [5, 5.41) is 16.9. The molecule has 2 rings (SSSR count). The van der Waals surface area contributed by atoms with Crippen LogP contribution in [0.25, 0.3) is 11.4 Å². The first-order valence-corrected chi connectivity index (χ1v) is 5.88. The van der Waals surface area contributed by atoms with Gasteiger partial charge in [-0.2, -0.15) is 5.10 Å². The highest BCUT2D eigenvalue weighted by Gasteiger charge is 2.14. The fourth-order valence-corrected chi connectivity index (χ4v) is 2.15. The molecule has 17 heavy (non-hydrogen) atoms. The molecule has 0 amide bonds. The number of hydrogen-bond donors (Lipinski definition) is 2. The second-order valence-corrected chi connectivity index (χ2v) is 4.72. The third kappa shape index (κ3) is 2.10. The third-order valence-corrected chi connectivity index (χ3v) is 2.90. The first kappa shape index (κ1) is 11.9. The number of nitrogens with zero attached hydrogens (tertiary/aromatic N) is 2. The number of aromatic amines is 1. The summed E-state index contributed by atoms with van der Waals surface area (Å²) < 4.78 is 2.46. The van der Waals surface area contributed by atoms with Crippen molar-refractivity contribution < 1.29 is 5.11 Å². The molecular formula is C12H15N3OS. The molecule has 0 fully saturated rings. The van der Waals surface area contributed by atoms with Gasteiger partial charge in [0, 0.05) is 6.04 Å². The largest absolute Gasteiger partial charge is 0.507 e.